The minimum Gasteiger partial charge on any atom is -0.477 e. The van der Waals surface area contributed by atoms with Crippen molar-refractivity contribution in [2.45, 2.75) is 12.8 Å². The van der Waals surface area contributed by atoms with Gasteiger partial charge < -0.3 is 15.1 Å². The van der Waals surface area contributed by atoms with Gasteiger partial charge in [-0.25, -0.2) is 9.78 Å². The molecular weight excluding hydrogens is 248 g/mol. The summed E-state index contributed by atoms with van der Waals surface area (Å²) in [6.07, 6.45) is 3.09. The third-order valence-corrected chi connectivity index (χ3v) is 3.29. The predicted octanol–water partition coefficient (Wildman–Crippen LogP) is 0.624. The molecule has 1 aromatic heterocycles. The lowest BCUT2D eigenvalue weighted by Gasteiger charge is -2.31. The maximum Gasteiger partial charge on any atom is 0.354 e. The zero-order chi connectivity index (χ0) is 13.8. The Morgan fingerprint density at radius 1 is 1.47 bits per heavy atom. The standard InChI is InChI=1S/C13H16N2O4/c16-8-9-2-1-5-15(7-9)12(17)10-3-4-14-11(6-10)13(18)19/h3-4,6,9,16H,1-2,5,7-8H2,(H,18,19). The molecule has 19 heavy (non-hydrogen) atoms. The van der Waals surface area contributed by atoms with E-state index in [0.29, 0.717) is 18.7 Å². The molecule has 6 heteroatoms. The molecule has 0 spiro atoms. The van der Waals surface area contributed by atoms with Gasteiger partial charge in [0.2, 0.25) is 0 Å². The van der Waals surface area contributed by atoms with Gasteiger partial charge in [0.1, 0.15) is 5.69 Å². The first-order valence-electron chi connectivity index (χ1n) is 6.21. The number of hydrogen-bond acceptors (Lipinski definition) is 4. The van der Waals surface area contributed by atoms with Crippen molar-refractivity contribution in [3.63, 3.8) is 0 Å². The first-order valence-corrected chi connectivity index (χ1v) is 6.21. The lowest BCUT2D eigenvalue weighted by molar-refractivity contribution is 0.0620. The maximum atomic E-state index is 12.3. The van der Waals surface area contributed by atoms with Crippen LogP contribution in [0.1, 0.15) is 33.7 Å². The molecule has 2 N–H and O–H groups in total. The molecule has 2 rings (SSSR count). The normalized spacial score (nSPS) is 19.2. The monoisotopic (exact) mass is 264 g/mol. The highest BCUT2D eigenvalue weighted by Gasteiger charge is 2.24. The highest BCUT2D eigenvalue weighted by Crippen LogP contribution is 2.18. The number of aromatic nitrogens is 1. The number of likely N-dealkylation sites (tertiary alicyclic amines) is 1. The van der Waals surface area contributed by atoms with Gasteiger partial charge in [-0.05, 0) is 30.9 Å². The molecule has 0 radical (unpaired) electrons. The van der Waals surface area contributed by atoms with Crippen molar-refractivity contribution in [1.82, 2.24) is 9.88 Å². The van der Waals surface area contributed by atoms with E-state index in [-0.39, 0.29) is 24.1 Å². The molecule has 2 heterocycles. The summed E-state index contributed by atoms with van der Waals surface area (Å²) >= 11 is 0. The smallest absolute Gasteiger partial charge is 0.354 e. The van der Waals surface area contributed by atoms with E-state index in [1.165, 1.54) is 18.3 Å². The number of aromatic carboxylic acids is 1. The molecule has 1 atom stereocenters. The molecule has 1 unspecified atom stereocenters. The average Bonchev–Trinajstić information content (AvgIpc) is 2.46. The number of rotatable bonds is 3. The molecule has 1 aliphatic rings. The van der Waals surface area contributed by atoms with Crippen LogP contribution in [-0.2, 0) is 0 Å². The summed E-state index contributed by atoms with van der Waals surface area (Å²) in [5, 5.41) is 18.0. The number of amides is 1. The van der Waals surface area contributed by atoms with E-state index in [1.54, 1.807) is 4.90 Å². The molecule has 0 saturated carbocycles. The molecule has 102 valence electrons. The second kappa shape index (κ2) is 5.79. The summed E-state index contributed by atoms with van der Waals surface area (Å²) in [4.78, 5) is 28.4. The van der Waals surface area contributed by atoms with E-state index in [0.717, 1.165) is 12.8 Å². The Bertz CT molecular complexity index is 489. The zero-order valence-electron chi connectivity index (χ0n) is 10.5. The van der Waals surface area contributed by atoms with Crippen molar-refractivity contribution in [3.8, 4) is 0 Å². The molecule has 1 aliphatic heterocycles. The quantitative estimate of drug-likeness (QED) is 0.835. The summed E-state index contributed by atoms with van der Waals surface area (Å²) in [5.41, 5.74) is 0.188. The van der Waals surface area contributed by atoms with Gasteiger partial charge in [-0.15, -0.1) is 0 Å². The van der Waals surface area contributed by atoms with Crippen LogP contribution in [0.3, 0.4) is 0 Å². The van der Waals surface area contributed by atoms with Crippen molar-refractivity contribution in [1.29, 1.82) is 0 Å². The van der Waals surface area contributed by atoms with Crippen molar-refractivity contribution in [2.75, 3.05) is 19.7 Å². The topological polar surface area (TPSA) is 90.7 Å². The van der Waals surface area contributed by atoms with Gasteiger partial charge in [-0.2, -0.15) is 0 Å². The minimum absolute atomic E-state index is 0.0699. The SMILES string of the molecule is O=C(O)c1cc(C(=O)N2CCCC(CO)C2)ccn1. The lowest BCUT2D eigenvalue weighted by atomic mass is 9.98. The maximum absolute atomic E-state index is 12.3. The minimum atomic E-state index is -1.15. The molecule has 1 fully saturated rings. The number of carbonyl (C=O) groups is 2. The van der Waals surface area contributed by atoms with Crippen LogP contribution in [0.25, 0.3) is 0 Å². The summed E-state index contributed by atoms with van der Waals surface area (Å²) in [7, 11) is 0. The van der Waals surface area contributed by atoms with Gasteiger partial charge in [-0.1, -0.05) is 0 Å². The second-order valence-corrected chi connectivity index (χ2v) is 4.68. The number of carboxylic acids is 1. The van der Waals surface area contributed by atoms with Crippen molar-refractivity contribution < 1.29 is 19.8 Å². The molecule has 6 nitrogen and oxygen atoms in total. The Labute approximate surface area is 110 Å². The van der Waals surface area contributed by atoms with Gasteiger partial charge in [0.05, 0.1) is 0 Å². The van der Waals surface area contributed by atoms with Crippen LogP contribution in [0.2, 0.25) is 0 Å². The van der Waals surface area contributed by atoms with Gasteiger partial charge >= 0.3 is 5.97 Å². The van der Waals surface area contributed by atoms with Crippen molar-refractivity contribution in [2.24, 2.45) is 5.92 Å². The molecule has 1 amide bonds. The number of nitrogens with zero attached hydrogens (tertiary/aromatic N) is 2. The Morgan fingerprint density at radius 2 is 2.26 bits per heavy atom. The number of aliphatic hydroxyl groups excluding tert-OH is 1. The third-order valence-electron chi connectivity index (χ3n) is 3.29. The fourth-order valence-electron chi connectivity index (χ4n) is 2.26. The fourth-order valence-corrected chi connectivity index (χ4v) is 2.26. The molecule has 1 saturated heterocycles. The molecule has 0 aliphatic carbocycles. The van der Waals surface area contributed by atoms with Gasteiger partial charge in [0, 0.05) is 31.5 Å². The highest BCUT2D eigenvalue weighted by molar-refractivity contribution is 5.96. The van der Waals surface area contributed by atoms with Crippen molar-refractivity contribution >= 4 is 11.9 Å². The first-order chi connectivity index (χ1) is 9.11. The van der Waals surface area contributed by atoms with Crippen LogP contribution >= 0.6 is 0 Å². The van der Waals surface area contributed by atoms with Gasteiger partial charge in [0.25, 0.3) is 5.91 Å². The summed E-state index contributed by atoms with van der Waals surface area (Å²) in [6, 6.07) is 2.80. The van der Waals surface area contributed by atoms with Crippen LogP contribution in [0.5, 0.6) is 0 Å². The Kier molecular flexibility index (Phi) is 4.11. The fraction of sp³-hybridized carbons (Fsp3) is 0.462. The number of carbonyl (C=O) groups excluding carboxylic acids is 1. The van der Waals surface area contributed by atoms with Crippen LogP contribution in [0, 0.1) is 5.92 Å². The van der Waals surface area contributed by atoms with Gasteiger partial charge in [0.15, 0.2) is 0 Å². The van der Waals surface area contributed by atoms with Crippen molar-refractivity contribution in [3.05, 3.63) is 29.6 Å². The number of piperidine rings is 1. The van der Waals surface area contributed by atoms with Gasteiger partial charge in [-0.3, -0.25) is 4.79 Å². The van der Waals surface area contributed by atoms with Crippen LogP contribution < -0.4 is 0 Å². The Morgan fingerprint density at radius 3 is 2.95 bits per heavy atom. The van der Waals surface area contributed by atoms with E-state index >= 15 is 0 Å². The van der Waals surface area contributed by atoms with E-state index < -0.39 is 5.97 Å². The van der Waals surface area contributed by atoms with Crippen LogP contribution in [0.4, 0.5) is 0 Å². The average molecular weight is 264 g/mol. The molecular formula is C13H16N2O4. The van der Waals surface area contributed by atoms with Crippen LogP contribution in [-0.4, -0.2) is 51.7 Å². The third kappa shape index (κ3) is 3.08. The number of hydrogen-bond donors (Lipinski definition) is 2. The van der Waals surface area contributed by atoms with E-state index in [2.05, 4.69) is 4.98 Å². The first kappa shape index (κ1) is 13.5. The largest absolute Gasteiger partial charge is 0.477 e. The molecule has 0 aromatic carbocycles. The predicted molar refractivity (Wildman–Crippen MR) is 66.9 cm³/mol. The number of aliphatic hydroxyl groups is 1. The number of carboxylic acid groups (broad SMARTS) is 1. The van der Waals surface area contributed by atoms with E-state index in [4.69, 9.17) is 10.2 Å². The van der Waals surface area contributed by atoms with E-state index in [1.807, 2.05) is 0 Å². The van der Waals surface area contributed by atoms with E-state index in [9.17, 15) is 9.59 Å². The second-order valence-electron chi connectivity index (χ2n) is 4.68. The van der Waals surface area contributed by atoms with Crippen LogP contribution in [0.15, 0.2) is 18.3 Å². The lowest BCUT2D eigenvalue weighted by Crippen LogP contribution is -2.41. The summed E-state index contributed by atoms with van der Waals surface area (Å²) in [5.74, 6) is -1.25. The summed E-state index contributed by atoms with van der Waals surface area (Å²) < 4.78 is 0. The summed E-state index contributed by atoms with van der Waals surface area (Å²) in [6.45, 7) is 1.22. The molecule has 1 aromatic rings. The molecule has 0 bridgehead atoms. The highest BCUT2D eigenvalue weighted by atomic mass is 16.4. The number of pyridine rings is 1. The Balaban J connectivity index is 2.14. The Hall–Kier alpha value is -1.95. The zero-order valence-corrected chi connectivity index (χ0v) is 10.5.